The van der Waals surface area contributed by atoms with Gasteiger partial charge in [0.2, 0.25) is 0 Å². The molecule has 1 aromatic rings. The van der Waals surface area contributed by atoms with E-state index in [1.165, 1.54) is 18.6 Å². The number of aromatic nitrogens is 2. The molecular formula is C13H17N3O3. The maximum absolute atomic E-state index is 12.2. The van der Waals surface area contributed by atoms with Gasteiger partial charge in [-0.05, 0) is 19.8 Å². The minimum absolute atomic E-state index is 0.179. The molecule has 1 saturated heterocycles. The Morgan fingerprint density at radius 1 is 1.47 bits per heavy atom. The van der Waals surface area contributed by atoms with Gasteiger partial charge >= 0.3 is 5.97 Å². The van der Waals surface area contributed by atoms with Gasteiger partial charge < -0.3 is 9.64 Å². The van der Waals surface area contributed by atoms with Gasteiger partial charge in [0.25, 0.3) is 5.91 Å². The monoisotopic (exact) mass is 263 g/mol. The first-order chi connectivity index (χ1) is 9.22. The van der Waals surface area contributed by atoms with Gasteiger partial charge in [-0.25, -0.2) is 4.98 Å². The Morgan fingerprint density at radius 3 is 3.00 bits per heavy atom. The number of amides is 1. The highest BCUT2D eigenvalue weighted by atomic mass is 16.5. The smallest absolute Gasteiger partial charge is 0.310 e. The van der Waals surface area contributed by atoms with Crippen LogP contribution in [0.5, 0.6) is 0 Å². The standard InChI is InChI=1S/C13H17N3O3/c1-2-19-13(18)10-4-3-7-16(9-10)12(17)11-8-14-5-6-15-11/h5-6,8,10H,2-4,7,9H2,1H3/t10-/m1/s1. The number of carbonyl (C=O) groups excluding carboxylic acids is 2. The normalized spacial score (nSPS) is 19.0. The fourth-order valence-corrected chi connectivity index (χ4v) is 2.19. The molecule has 0 radical (unpaired) electrons. The molecule has 0 unspecified atom stereocenters. The summed E-state index contributed by atoms with van der Waals surface area (Å²) in [5.74, 6) is -0.629. The van der Waals surface area contributed by atoms with Crippen LogP contribution in [-0.4, -0.2) is 46.4 Å². The summed E-state index contributed by atoms with van der Waals surface area (Å²) in [6, 6.07) is 0. The van der Waals surface area contributed by atoms with E-state index < -0.39 is 0 Å². The van der Waals surface area contributed by atoms with Gasteiger partial charge in [0.1, 0.15) is 5.69 Å². The van der Waals surface area contributed by atoms with Crippen molar-refractivity contribution in [2.24, 2.45) is 5.92 Å². The second-order valence-electron chi connectivity index (χ2n) is 4.43. The molecule has 0 spiro atoms. The van der Waals surface area contributed by atoms with Crippen LogP contribution in [-0.2, 0) is 9.53 Å². The molecular weight excluding hydrogens is 246 g/mol. The van der Waals surface area contributed by atoms with E-state index in [4.69, 9.17) is 4.74 Å². The van der Waals surface area contributed by atoms with Crippen molar-refractivity contribution in [3.63, 3.8) is 0 Å². The van der Waals surface area contributed by atoms with Gasteiger partial charge in [-0.1, -0.05) is 0 Å². The minimum Gasteiger partial charge on any atom is -0.466 e. The van der Waals surface area contributed by atoms with E-state index >= 15 is 0 Å². The predicted molar refractivity (Wildman–Crippen MR) is 67.3 cm³/mol. The van der Waals surface area contributed by atoms with Crippen LogP contribution in [0.15, 0.2) is 18.6 Å². The maximum atomic E-state index is 12.2. The molecule has 0 saturated carbocycles. The average molecular weight is 263 g/mol. The van der Waals surface area contributed by atoms with Gasteiger partial charge in [-0.3, -0.25) is 14.6 Å². The zero-order chi connectivity index (χ0) is 13.7. The highest BCUT2D eigenvalue weighted by Crippen LogP contribution is 2.19. The molecule has 0 bridgehead atoms. The Kier molecular flexibility index (Phi) is 4.43. The van der Waals surface area contributed by atoms with E-state index in [0.717, 1.165) is 12.8 Å². The number of likely N-dealkylation sites (tertiary alicyclic amines) is 1. The van der Waals surface area contributed by atoms with E-state index in [0.29, 0.717) is 25.4 Å². The summed E-state index contributed by atoms with van der Waals surface area (Å²) in [6.45, 7) is 3.19. The third kappa shape index (κ3) is 3.27. The number of hydrogen-bond donors (Lipinski definition) is 0. The van der Waals surface area contributed by atoms with Gasteiger partial charge in [0, 0.05) is 25.5 Å². The summed E-state index contributed by atoms with van der Waals surface area (Å²) in [6.07, 6.45) is 6.02. The van der Waals surface area contributed by atoms with Crippen molar-refractivity contribution >= 4 is 11.9 Å². The van der Waals surface area contributed by atoms with Crippen molar-refractivity contribution in [1.29, 1.82) is 0 Å². The zero-order valence-electron chi connectivity index (χ0n) is 10.9. The molecule has 2 rings (SSSR count). The Morgan fingerprint density at radius 2 is 2.32 bits per heavy atom. The van der Waals surface area contributed by atoms with Crippen molar-refractivity contribution in [3.8, 4) is 0 Å². The largest absolute Gasteiger partial charge is 0.466 e. The number of carbonyl (C=O) groups is 2. The Labute approximate surface area is 111 Å². The van der Waals surface area contributed by atoms with E-state index in [9.17, 15) is 9.59 Å². The molecule has 1 aliphatic rings. The molecule has 0 aromatic carbocycles. The van der Waals surface area contributed by atoms with E-state index in [1.807, 2.05) is 0 Å². The van der Waals surface area contributed by atoms with Crippen molar-refractivity contribution in [3.05, 3.63) is 24.3 Å². The third-order valence-corrected chi connectivity index (χ3v) is 3.11. The van der Waals surface area contributed by atoms with Crippen LogP contribution in [0.3, 0.4) is 0 Å². The Bertz CT molecular complexity index is 450. The number of rotatable bonds is 3. The van der Waals surface area contributed by atoms with Crippen molar-refractivity contribution in [2.75, 3.05) is 19.7 Å². The Hall–Kier alpha value is -1.98. The molecule has 102 valence electrons. The molecule has 1 aromatic heterocycles. The zero-order valence-corrected chi connectivity index (χ0v) is 10.9. The predicted octanol–water partition coefficient (Wildman–Crippen LogP) is 0.892. The first-order valence-electron chi connectivity index (χ1n) is 6.44. The first-order valence-corrected chi connectivity index (χ1v) is 6.44. The van der Waals surface area contributed by atoms with Crippen LogP contribution in [0.1, 0.15) is 30.3 Å². The van der Waals surface area contributed by atoms with E-state index in [-0.39, 0.29) is 17.8 Å². The number of ether oxygens (including phenoxy) is 1. The highest BCUT2D eigenvalue weighted by Gasteiger charge is 2.30. The fraction of sp³-hybridized carbons (Fsp3) is 0.538. The van der Waals surface area contributed by atoms with Crippen molar-refractivity contribution < 1.29 is 14.3 Å². The molecule has 0 N–H and O–H groups in total. The first kappa shape index (κ1) is 13.5. The third-order valence-electron chi connectivity index (χ3n) is 3.11. The summed E-state index contributed by atoms with van der Waals surface area (Å²) in [7, 11) is 0. The van der Waals surface area contributed by atoms with E-state index in [1.54, 1.807) is 11.8 Å². The van der Waals surface area contributed by atoms with Gasteiger partial charge in [-0.2, -0.15) is 0 Å². The molecule has 2 heterocycles. The lowest BCUT2D eigenvalue weighted by atomic mass is 9.98. The Balaban J connectivity index is 2.01. The van der Waals surface area contributed by atoms with Crippen molar-refractivity contribution in [2.45, 2.75) is 19.8 Å². The molecule has 0 aliphatic carbocycles. The van der Waals surface area contributed by atoms with Crippen LogP contribution < -0.4 is 0 Å². The lowest BCUT2D eigenvalue weighted by molar-refractivity contribution is -0.149. The second kappa shape index (κ2) is 6.26. The number of esters is 1. The highest BCUT2D eigenvalue weighted by molar-refractivity contribution is 5.92. The van der Waals surface area contributed by atoms with Gasteiger partial charge in [0.15, 0.2) is 0 Å². The van der Waals surface area contributed by atoms with Crippen LogP contribution >= 0.6 is 0 Å². The topological polar surface area (TPSA) is 72.4 Å². The fourth-order valence-electron chi connectivity index (χ4n) is 2.19. The summed E-state index contributed by atoms with van der Waals surface area (Å²) in [5.41, 5.74) is 0.312. The lowest BCUT2D eigenvalue weighted by Gasteiger charge is -2.31. The summed E-state index contributed by atoms with van der Waals surface area (Å²) >= 11 is 0. The maximum Gasteiger partial charge on any atom is 0.310 e. The van der Waals surface area contributed by atoms with Crippen LogP contribution in [0, 0.1) is 5.92 Å². The average Bonchev–Trinajstić information content (AvgIpc) is 2.48. The van der Waals surface area contributed by atoms with Crippen LogP contribution in [0.25, 0.3) is 0 Å². The molecule has 1 fully saturated rings. The van der Waals surface area contributed by atoms with Crippen LogP contribution in [0.4, 0.5) is 0 Å². The van der Waals surface area contributed by atoms with Gasteiger partial charge in [0.05, 0.1) is 18.7 Å². The molecule has 1 amide bonds. The number of piperidine rings is 1. The van der Waals surface area contributed by atoms with E-state index in [2.05, 4.69) is 9.97 Å². The quantitative estimate of drug-likeness (QED) is 0.757. The number of nitrogens with zero attached hydrogens (tertiary/aromatic N) is 3. The van der Waals surface area contributed by atoms with Crippen molar-refractivity contribution in [1.82, 2.24) is 14.9 Å². The SMILES string of the molecule is CCOC(=O)[C@@H]1CCCN(C(=O)c2cnccn2)C1. The summed E-state index contributed by atoms with van der Waals surface area (Å²) in [4.78, 5) is 33.4. The van der Waals surface area contributed by atoms with Crippen LogP contribution in [0.2, 0.25) is 0 Å². The molecule has 6 nitrogen and oxygen atoms in total. The molecule has 1 aliphatic heterocycles. The number of hydrogen-bond acceptors (Lipinski definition) is 5. The minimum atomic E-state index is -0.227. The van der Waals surface area contributed by atoms with Gasteiger partial charge in [-0.15, -0.1) is 0 Å². The second-order valence-corrected chi connectivity index (χ2v) is 4.43. The molecule has 6 heteroatoms. The molecule has 19 heavy (non-hydrogen) atoms. The summed E-state index contributed by atoms with van der Waals surface area (Å²) in [5, 5.41) is 0. The molecule has 1 atom stereocenters. The lowest BCUT2D eigenvalue weighted by Crippen LogP contribution is -2.43. The summed E-state index contributed by atoms with van der Waals surface area (Å²) < 4.78 is 5.01.